The molecule has 2 aromatic rings. The van der Waals surface area contributed by atoms with Crippen LogP contribution < -0.4 is 9.47 Å². The highest BCUT2D eigenvalue weighted by atomic mass is 19.1. The van der Waals surface area contributed by atoms with Gasteiger partial charge in [0.25, 0.3) is 0 Å². The van der Waals surface area contributed by atoms with Gasteiger partial charge in [0.1, 0.15) is 35.6 Å². The Labute approximate surface area is 368 Å². The highest BCUT2D eigenvalue weighted by molar-refractivity contribution is 6.03. The molecule has 0 saturated heterocycles. The van der Waals surface area contributed by atoms with Crippen molar-refractivity contribution in [1.29, 1.82) is 0 Å². The lowest BCUT2D eigenvalue weighted by Crippen LogP contribution is -2.70. The number of aliphatic hydroxyl groups excluding tert-OH is 3. The van der Waals surface area contributed by atoms with Crippen molar-refractivity contribution in [2.75, 3.05) is 46.2 Å². The van der Waals surface area contributed by atoms with Crippen LogP contribution in [-0.2, 0) is 25.7 Å². The van der Waals surface area contributed by atoms with E-state index in [1.165, 1.54) is 18.9 Å². The van der Waals surface area contributed by atoms with Gasteiger partial charge in [-0.15, -0.1) is 6.58 Å². The van der Waals surface area contributed by atoms with Crippen LogP contribution in [-0.4, -0.2) is 95.5 Å². The van der Waals surface area contributed by atoms with Crippen molar-refractivity contribution in [3.8, 4) is 11.5 Å². The number of carbonyl (C=O) groups is 1. The summed E-state index contributed by atoms with van der Waals surface area (Å²) >= 11 is 0. The third-order valence-electron chi connectivity index (χ3n) is 13.1. The standard InChI is InChI=1S/C50H71FN2O9/c1-5-28-60-50-45(53(24-29-58-30-27-56)46(57)23-20-35-14-6-7-15-35)33-43(52-62-49(2,3)4)40-31-36(16-10-12-25-54)39(18-11-13-26-55)47(48(40)50)41-32-38(21-22-44(41)61-50)59-34-37-17-8-9-19-42(37)51/h5,8-9,17,19,21-22,31-32,35-36,39,45,47-48,54-56H,1,6-7,10-16,18,20,23-30,33-34H2,2-4H3/t36-,39+,45-,47+,48+,50+/m0/s1. The molecule has 0 aromatic heterocycles. The minimum atomic E-state index is -1.40. The highest BCUT2D eigenvalue weighted by Gasteiger charge is 2.65. The molecule has 4 aliphatic rings. The molecule has 2 fully saturated rings. The van der Waals surface area contributed by atoms with Crippen LogP contribution in [0.1, 0.15) is 121 Å². The number of allylic oxidation sites excluding steroid dienone is 1. The number of fused-ring (bicyclic) bond motifs is 2. The normalized spacial score (nSPS) is 25.1. The summed E-state index contributed by atoms with van der Waals surface area (Å²) in [5.74, 6) is -0.676. The molecular formula is C50H71FN2O9. The van der Waals surface area contributed by atoms with Crippen LogP contribution in [0.15, 0.2) is 71.9 Å². The number of ether oxygens (including phenoxy) is 4. The van der Waals surface area contributed by atoms with Crippen molar-refractivity contribution in [1.82, 2.24) is 4.90 Å². The summed E-state index contributed by atoms with van der Waals surface area (Å²) in [5.41, 5.74) is 2.44. The maximum atomic E-state index is 14.9. The third-order valence-corrected chi connectivity index (χ3v) is 13.1. The van der Waals surface area contributed by atoms with Gasteiger partial charge < -0.3 is 44.0 Å². The molecule has 2 saturated carbocycles. The molecule has 0 radical (unpaired) electrons. The summed E-state index contributed by atoms with van der Waals surface area (Å²) in [5, 5.41) is 34.4. The number of nitrogens with zero attached hydrogens (tertiary/aromatic N) is 2. The number of benzene rings is 2. The van der Waals surface area contributed by atoms with Gasteiger partial charge >= 0.3 is 0 Å². The average Bonchev–Trinajstić information content (AvgIpc) is 3.79. The number of aliphatic hydroxyl groups is 3. The van der Waals surface area contributed by atoms with Gasteiger partial charge in [-0.05, 0) is 100 Å². The minimum absolute atomic E-state index is 0.0142. The van der Waals surface area contributed by atoms with E-state index in [4.69, 9.17) is 28.9 Å². The van der Waals surface area contributed by atoms with Gasteiger partial charge in [-0.2, -0.15) is 0 Å². The van der Waals surface area contributed by atoms with Gasteiger partial charge in [-0.3, -0.25) is 4.79 Å². The second-order valence-corrected chi connectivity index (χ2v) is 18.5. The predicted molar refractivity (Wildman–Crippen MR) is 237 cm³/mol. The molecule has 6 atom stereocenters. The zero-order valence-corrected chi connectivity index (χ0v) is 37.3. The number of unbranched alkanes of at least 4 members (excludes halogenated alkanes) is 2. The Morgan fingerprint density at radius 3 is 2.47 bits per heavy atom. The molecule has 11 nitrogen and oxygen atoms in total. The molecule has 342 valence electrons. The fraction of sp³-hybridized carbons (Fsp3) is 0.640. The Kier molecular flexibility index (Phi) is 17.5. The number of rotatable bonds is 24. The maximum Gasteiger partial charge on any atom is 0.239 e. The molecule has 3 aliphatic carbocycles. The smallest absolute Gasteiger partial charge is 0.239 e. The van der Waals surface area contributed by atoms with Gasteiger partial charge in [0, 0.05) is 49.6 Å². The summed E-state index contributed by atoms with van der Waals surface area (Å²) in [4.78, 5) is 23.0. The van der Waals surface area contributed by atoms with E-state index in [9.17, 15) is 24.5 Å². The second-order valence-electron chi connectivity index (χ2n) is 18.5. The first-order chi connectivity index (χ1) is 30.0. The first-order valence-corrected chi connectivity index (χ1v) is 23.1. The number of carbonyl (C=O) groups excluding carboxylic acids is 1. The quantitative estimate of drug-likeness (QED) is 0.0538. The van der Waals surface area contributed by atoms with E-state index in [0.29, 0.717) is 42.2 Å². The van der Waals surface area contributed by atoms with E-state index in [1.807, 2.05) is 43.9 Å². The molecule has 1 heterocycles. The van der Waals surface area contributed by atoms with Crippen LogP contribution in [0.2, 0.25) is 0 Å². The van der Waals surface area contributed by atoms with Crippen LogP contribution in [0.25, 0.3) is 0 Å². The van der Waals surface area contributed by atoms with E-state index in [0.717, 1.165) is 61.8 Å². The number of amides is 1. The molecule has 0 bridgehead atoms. The van der Waals surface area contributed by atoms with Crippen molar-refractivity contribution in [2.24, 2.45) is 28.8 Å². The largest absolute Gasteiger partial charge is 0.489 e. The van der Waals surface area contributed by atoms with E-state index in [1.54, 1.807) is 24.3 Å². The van der Waals surface area contributed by atoms with E-state index in [2.05, 4.69) is 12.7 Å². The number of hydrogen-bond donors (Lipinski definition) is 3. The fourth-order valence-electron chi connectivity index (χ4n) is 10.3. The molecule has 6 rings (SSSR count). The van der Waals surface area contributed by atoms with Gasteiger partial charge in [0.05, 0.1) is 38.1 Å². The van der Waals surface area contributed by atoms with Gasteiger partial charge in [0.2, 0.25) is 11.7 Å². The molecule has 1 amide bonds. The molecule has 62 heavy (non-hydrogen) atoms. The van der Waals surface area contributed by atoms with E-state index in [-0.39, 0.29) is 88.7 Å². The fourth-order valence-corrected chi connectivity index (χ4v) is 10.3. The molecule has 3 N–H and O–H groups in total. The third kappa shape index (κ3) is 11.7. The summed E-state index contributed by atoms with van der Waals surface area (Å²) in [6, 6.07) is 11.7. The van der Waals surface area contributed by atoms with Crippen LogP contribution >= 0.6 is 0 Å². The Bertz CT molecular complexity index is 1820. The molecular weight excluding hydrogens is 792 g/mol. The van der Waals surface area contributed by atoms with Crippen LogP contribution in [0.3, 0.4) is 0 Å². The van der Waals surface area contributed by atoms with Crippen molar-refractivity contribution in [3.05, 3.63) is 83.7 Å². The van der Waals surface area contributed by atoms with E-state index < -0.39 is 23.3 Å². The molecule has 12 heteroatoms. The monoisotopic (exact) mass is 863 g/mol. The van der Waals surface area contributed by atoms with E-state index >= 15 is 0 Å². The topological polar surface area (TPSA) is 140 Å². The summed E-state index contributed by atoms with van der Waals surface area (Å²) in [7, 11) is 0. The zero-order chi connectivity index (χ0) is 44.1. The first-order valence-electron chi connectivity index (χ1n) is 23.1. The van der Waals surface area contributed by atoms with Crippen LogP contribution in [0, 0.1) is 29.5 Å². The lowest BCUT2D eigenvalue weighted by Gasteiger charge is -2.60. The highest BCUT2D eigenvalue weighted by Crippen LogP contribution is 2.62. The summed E-state index contributed by atoms with van der Waals surface area (Å²) in [6.45, 7) is 10.8. The number of oxime groups is 1. The number of halogens is 1. The summed E-state index contributed by atoms with van der Waals surface area (Å²) in [6.07, 6.45) is 14.7. The van der Waals surface area contributed by atoms with Crippen molar-refractivity contribution in [2.45, 2.75) is 134 Å². The Hall–Kier alpha value is -3.81. The SMILES string of the molecule is C=CCO[C@@]12Oc3ccc(OCc4ccccc4F)cc3[C@H]3[C@H](CCCCO)[C@@H](CCCCO)C=C(C(=NOC(C)(C)C)C[C@@H]1N(CCOCCO)C(=O)CCC1CCCC1)[C@H]32. The van der Waals surface area contributed by atoms with Crippen molar-refractivity contribution >= 4 is 11.6 Å². The lowest BCUT2D eigenvalue weighted by atomic mass is 9.55. The van der Waals surface area contributed by atoms with Crippen LogP contribution in [0.4, 0.5) is 4.39 Å². The molecule has 1 aliphatic heterocycles. The lowest BCUT2D eigenvalue weighted by molar-refractivity contribution is -0.258. The first kappa shape index (κ1) is 47.7. The maximum absolute atomic E-state index is 14.9. The predicted octanol–water partition coefficient (Wildman–Crippen LogP) is 8.64. The minimum Gasteiger partial charge on any atom is -0.489 e. The molecule has 0 unspecified atom stereocenters. The second kappa shape index (κ2) is 22.7. The molecule has 0 spiro atoms. The van der Waals surface area contributed by atoms with Crippen molar-refractivity contribution in [3.63, 3.8) is 0 Å². The molecule has 2 aromatic carbocycles. The van der Waals surface area contributed by atoms with Crippen molar-refractivity contribution < 1.29 is 48.3 Å². The van der Waals surface area contributed by atoms with Gasteiger partial charge in [-0.25, -0.2) is 4.39 Å². The van der Waals surface area contributed by atoms with Crippen LogP contribution in [0.5, 0.6) is 11.5 Å². The average molecular weight is 863 g/mol. The Balaban J connectivity index is 1.55. The van der Waals surface area contributed by atoms with Gasteiger partial charge in [-0.1, -0.05) is 74.0 Å². The van der Waals surface area contributed by atoms with Gasteiger partial charge in [0.15, 0.2) is 0 Å². The number of hydrogen-bond acceptors (Lipinski definition) is 10. The Morgan fingerprint density at radius 1 is 1.00 bits per heavy atom. The summed E-state index contributed by atoms with van der Waals surface area (Å²) < 4.78 is 41.5. The Morgan fingerprint density at radius 2 is 1.76 bits per heavy atom. The zero-order valence-electron chi connectivity index (χ0n) is 37.3.